The van der Waals surface area contributed by atoms with Gasteiger partial charge in [-0.05, 0) is 47.3 Å². The summed E-state index contributed by atoms with van der Waals surface area (Å²) in [6, 6.07) is 3.48. The summed E-state index contributed by atoms with van der Waals surface area (Å²) in [5, 5.41) is 0. The van der Waals surface area contributed by atoms with Crippen molar-refractivity contribution in [3.05, 3.63) is 28.2 Å². The Balaban J connectivity index is 2.18. The van der Waals surface area contributed by atoms with Crippen LogP contribution in [0.2, 0.25) is 0 Å². The molecule has 1 saturated heterocycles. The number of ether oxygens (including phenoxy) is 1. The molecule has 14 heavy (non-hydrogen) atoms. The van der Waals surface area contributed by atoms with E-state index in [1.165, 1.54) is 0 Å². The third-order valence-electron chi connectivity index (χ3n) is 2.33. The fourth-order valence-electron chi connectivity index (χ4n) is 1.58. The Morgan fingerprint density at radius 3 is 2.93 bits per heavy atom. The summed E-state index contributed by atoms with van der Waals surface area (Å²) in [5.41, 5.74) is 0.699. The SMILES string of the molecule is Fc1nc(C2CCCCO2)ccc1Br. The smallest absolute Gasteiger partial charge is 0.227 e. The van der Waals surface area contributed by atoms with Crippen LogP contribution in [0.4, 0.5) is 4.39 Å². The summed E-state index contributed by atoms with van der Waals surface area (Å²) in [5.74, 6) is -0.461. The minimum atomic E-state index is -0.461. The molecule has 0 spiro atoms. The van der Waals surface area contributed by atoms with Crippen LogP contribution in [0.5, 0.6) is 0 Å². The van der Waals surface area contributed by atoms with Crippen molar-refractivity contribution in [2.24, 2.45) is 0 Å². The Kier molecular flexibility index (Phi) is 3.13. The number of hydrogen-bond acceptors (Lipinski definition) is 2. The first-order valence-electron chi connectivity index (χ1n) is 4.71. The summed E-state index contributed by atoms with van der Waals surface area (Å²) < 4.78 is 19.0. The molecule has 76 valence electrons. The van der Waals surface area contributed by atoms with Gasteiger partial charge in [0, 0.05) is 6.61 Å². The minimum absolute atomic E-state index is 0.0219. The third kappa shape index (κ3) is 2.12. The Hall–Kier alpha value is -0.480. The molecule has 0 amide bonds. The van der Waals surface area contributed by atoms with Gasteiger partial charge in [0.2, 0.25) is 5.95 Å². The summed E-state index contributed by atoms with van der Waals surface area (Å²) in [6.45, 7) is 0.754. The van der Waals surface area contributed by atoms with E-state index in [2.05, 4.69) is 20.9 Å². The Morgan fingerprint density at radius 1 is 1.43 bits per heavy atom. The van der Waals surface area contributed by atoms with E-state index in [0.717, 1.165) is 25.9 Å². The lowest BCUT2D eigenvalue weighted by Gasteiger charge is -2.21. The van der Waals surface area contributed by atoms with Gasteiger partial charge in [0.1, 0.15) is 0 Å². The summed E-state index contributed by atoms with van der Waals surface area (Å²) in [7, 11) is 0. The van der Waals surface area contributed by atoms with Gasteiger partial charge in [0.25, 0.3) is 0 Å². The molecule has 0 bridgehead atoms. The lowest BCUT2D eigenvalue weighted by Crippen LogP contribution is -2.13. The Bertz CT molecular complexity index is 326. The first-order chi connectivity index (χ1) is 6.77. The molecule has 1 atom stereocenters. The standard InChI is InChI=1S/C10H11BrFNO/c11-7-4-5-8(13-10(7)12)9-3-1-2-6-14-9/h4-5,9H,1-3,6H2. The number of pyridine rings is 1. The van der Waals surface area contributed by atoms with Crippen LogP contribution in [0.3, 0.4) is 0 Å². The summed E-state index contributed by atoms with van der Waals surface area (Å²) >= 11 is 3.08. The maximum atomic E-state index is 13.1. The normalized spacial score (nSPS) is 22.3. The molecule has 0 N–H and O–H groups in total. The minimum Gasteiger partial charge on any atom is -0.372 e. The molecule has 0 aromatic carbocycles. The molecule has 2 heterocycles. The molecule has 1 unspecified atom stereocenters. The number of nitrogens with zero attached hydrogens (tertiary/aromatic N) is 1. The molecule has 1 aliphatic rings. The fourth-order valence-corrected chi connectivity index (χ4v) is 1.81. The van der Waals surface area contributed by atoms with Crippen molar-refractivity contribution in [1.29, 1.82) is 0 Å². The second-order valence-corrected chi connectivity index (χ2v) is 4.22. The van der Waals surface area contributed by atoms with Crippen molar-refractivity contribution in [3.8, 4) is 0 Å². The van der Waals surface area contributed by atoms with Gasteiger partial charge >= 0.3 is 0 Å². The van der Waals surface area contributed by atoms with Crippen LogP contribution in [0.15, 0.2) is 16.6 Å². The molecule has 1 aromatic heterocycles. The van der Waals surface area contributed by atoms with Crippen LogP contribution in [0, 0.1) is 5.95 Å². The van der Waals surface area contributed by atoms with Crippen LogP contribution in [-0.4, -0.2) is 11.6 Å². The summed E-state index contributed by atoms with van der Waals surface area (Å²) in [4.78, 5) is 3.86. The first kappa shape index (κ1) is 10.1. The van der Waals surface area contributed by atoms with Crippen LogP contribution < -0.4 is 0 Å². The topological polar surface area (TPSA) is 22.1 Å². The highest BCUT2D eigenvalue weighted by atomic mass is 79.9. The molecule has 2 nitrogen and oxygen atoms in total. The monoisotopic (exact) mass is 259 g/mol. The molecule has 2 rings (SSSR count). The Morgan fingerprint density at radius 2 is 2.29 bits per heavy atom. The second kappa shape index (κ2) is 4.36. The van der Waals surface area contributed by atoms with Crippen molar-refractivity contribution in [1.82, 2.24) is 4.98 Å². The van der Waals surface area contributed by atoms with E-state index in [9.17, 15) is 4.39 Å². The van der Waals surface area contributed by atoms with Crippen LogP contribution >= 0.6 is 15.9 Å². The zero-order chi connectivity index (χ0) is 9.97. The molecule has 0 saturated carbocycles. The Labute approximate surface area is 90.6 Å². The first-order valence-corrected chi connectivity index (χ1v) is 5.50. The summed E-state index contributed by atoms with van der Waals surface area (Å²) in [6.07, 6.45) is 3.14. The van der Waals surface area contributed by atoms with Crippen molar-refractivity contribution < 1.29 is 9.13 Å². The van der Waals surface area contributed by atoms with E-state index in [-0.39, 0.29) is 6.10 Å². The van der Waals surface area contributed by atoms with Crippen LogP contribution in [0.25, 0.3) is 0 Å². The highest BCUT2D eigenvalue weighted by Gasteiger charge is 2.18. The van der Waals surface area contributed by atoms with E-state index in [0.29, 0.717) is 10.2 Å². The molecule has 1 fully saturated rings. The number of rotatable bonds is 1. The zero-order valence-electron chi connectivity index (χ0n) is 7.67. The average Bonchev–Trinajstić information content (AvgIpc) is 2.23. The van der Waals surface area contributed by atoms with E-state index >= 15 is 0 Å². The maximum Gasteiger partial charge on any atom is 0.227 e. The van der Waals surface area contributed by atoms with Gasteiger partial charge in [-0.1, -0.05) is 0 Å². The second-order valence-electron chi connectivity index (χ2n) is 3.36. The highest BCUT2D eigenvalue weighted by molar-refractivity contribution is 9.10. The number of hydrogen-bond donors (Lipinski definition) is 0. The van der Waals surface area contributed by atoms with Gasteiger partial charge in [-0.15, -0.1) is 0 Å². The van der Waals surface area contributed by atoms with Crippen molar-refractivity contribution in [2.45, 2.75) is 25.4 Å². The van der Waals surface area contributed by atoms with Gasteiger partial charge in [0.15, 0.2) is 0 Å². The van der Waals surface area contributed by atoms with Crippen LogP contribution in [-0.2, 0) is 4.74 Å². The quantitative estimate of drug-likeness (QED) is 0.723. The van der Waals surface area contributed by atoms with Gasteiger partial charge in [-0.25, -0.2) is 4.98 Å². The predicted molar refractivity (Wildman–Crippen MR) is 54.4 cm³/mol. The van der Waals surface area contributed by atoms with Crippen LogP contribution in [0.1, 0.15) is 31.1 Å². The van der Waals surface area contributed by atoms with Gasteiger partial charge in [-0.2, -0.15) is 4.39 Å². The van der Waals surface area contributed by atoms with E-state index < -0.39 is 5.95 Å². The van der Waals surface area contributed by atoms with Crippen molar-refractivity contribution in [3.63, 3.8) is 0 Å². The van der Waals surface area contributed by atoms with Crippen molar-refractivity contribution >= 4 is 15.9 Å². The molecular weight excluding hydrogens is 249 g/mol. The molecule has 0 aliphatic carbocycles. The number of aromatic nitrogens is 1. The lowest BCUT2D eigenvalue weighted by atomic mass is 10.1. The lowest BCUT2D eigenvalue weighted by molar-refractivity contribution is 0.0118. The largest absolute Gasteiger partial charge is 0.372 e. The van der Waals surface area contributed by atoms with Gasteiger partial charge in [-0.3, -0.25) is 0 Å². The molecule has 1 aromatic rings. The maximum absolute atomic E-state index is 13.1. The average molecular weight is 260 g/mol. The van der Waals surface area contributed by atoms with Gasteiger partial charge < -0.3 is 4.74 Å². The zero-order valence-corrected chi connectivity index (χ0v) is 9.26. The molecule has 1 aliphatic heterocycles. The van der Waals surface area contributed by atoms with E-state index in [1.807, 2.05) is 6.07 Å². The predicted octanol–water partition coefficient (Wildman–Crippen LogP) is 3.22. The van der Waals surface area contributed by atoms with Crippen molar-refractivity contribution in [2.75, 3.05) is 6.61 Å². The van der Waals surface area contributed by atoms with Gasteiger partial charge in [0.05, 0.1) is 16.3 Å². The fraction of sp³-hybridized carbons (Fsp3) is 0.500. The highest BCUT2D eigenvalue weighted by Crippen LogP contribution is 2.27. The molecular formula is C10H11BrFNO. The molecule has 0 radical (unpaired) electrons. The number of halogens is 2. The van der Waals surface area contributed by atoms with E-state index in [1.54, 1.807) is 6.07 Å². The third-order valence-corrected chi connectivity index (χ3v) is 2.93. The molecule has 4 heteroatoms. The van der Waals surface area contributed by atoms with E-state index in [4.69, 9.17) is 4.74 Å².